The van der Waals surface area contributed by atoms with Crippen LogP contribution >= 0.6 is 0 Å². The van der Waals surface area contributed by atoms with Crippen molar-refractivity contribution in [3.8, 4) is 0 Å². The van der Waals surface area contributed by atoms with Crippen LogP contribution in [0, 0.1) is 0 Å². The van der Waals surface area contributed by atoms with Crippen molar-refractivity contribution in [3.63, 3.8) is 0 Å². The molecule has 2 N–H and O–H groups in total. The highest BCUT2D eigenvalue weighted by molar-refractivity contribution is 4.69. The Bertz CT molecular complexity index is 128. The van der Waals surface area contributed by atoms with Crippen LogP contribution < -0.4 is 5.73 Å². The highest BCUT2D eigenvalue weighted by Gasteiger charge is 2.14. The van der Waals surface area contributed by atoms with Crippen LogP contribution in [-0.2, 0) is 0 Å². The van der Waals surface area contributed by atoms with Crippen molar-refractivity contribution in [2.75, 3.05) is 13.1 Å². The molecule has 1 aliphatic rings. The molecule has 0 aromatic heterocycles. The molecule has 1 rings (SSSR count). The molecule has 0 amide bonds. The van der Waals surface area contributed by atoms with Crippen LogP contribution in [0.3, 0.4) is 0 Å². The van der Waals surface area contributed by atoms with Gasteiger partial charge in [-0.05, 0) is 32.4 Å². The predicted molar refractivity (Wildman–Crippen MR) is 62.2 cm³/mol. The molecule has 0 aliphatic carbocycles. The molecule has 1 saturated heterocycles. The van der Waals surface area contributed by atoms with Crippen LogP contribution in [0.5, 0.6) is 0 Å². The zero-order chi connectivity index (χ0) is 10.2. The third-order valence-corrected chi connectivity index (χ3v) is 3.21. The van der Waals surface area contributed by atoms with Crippen molar-refractivity contribution < 1.29 is 0 Å². The van der Waals surface area contributed by atoms with Crippen LogP contribution in [0.15, 0.2) is 0 Å². The molecule has 0 spiro atoms. The van der Waals surface area contributed by atoms with Crippen molar-refractivity contribution >= 4 is 0 Å². The average molecular weight is 198 g/mol. The molecular weight excluding hydrogens is 172 g/mol. The Morgan fingerprint density at radius 1 is 1.07 bits per heavy atom. The van der Waals surface area contributed by atoms with E-state index in [4.69, 9.17) is 5.73 Å². The van der Waals surface area contributed by atoms with Crippen LogP contribution in [0.4, 0.5) is 0 Å². The lowest BCUT2D eigenvalue weighted by Gasteiger charge is -2.27. The van der Waals surface area contributed by atoms with Gasteiger partial charge in [-0.2, -0.15) is 0 Å². The normalized spacial score (nSPS) is 21.9. The summed E-state index contributed by atoms with van der Waals surface area (Å²) in [5, 5.41) is 0. The zero-order valence-electron chi connectivity index (χ0n) is 9.67. The molecule has 0 bridgehead atoms. The first kappa shape index (κ1) is 12.0. The summed E-state index contributed by atoms with van der Waals surface area (Å²) < 4.78 is 0. The Morgan fingerprint density at radius 2 is 1.71 bits per heavy atom. The third-order valence-electron chi connectivity index (χ3n) is 3.21. The highest BCUT2D eigenvalue weighted by atomic mass is 15.2. The van der Waals surface area contributed by atoms with Gasteiger partial charge in [0.15, 0.2) is 0 Å². The maximum absolute atomic E-state index is 6.18. The van der Waals surface area contributed by atoms with E-state index in [0.717, 1.165) is 0 Å². The lowest BCUT2D eigenvalue weighted by atomic mass is 10.1. The van der Waals surface area contributed by atoms with Crippen LogP contribution in [0.1, 0.15) is 58.3 Å². The second-order valence-corrected chi connectivity index (χ2v) is 4.51. The van der Waals surface area contributed by atoms with Gasteiger partial charge in [0.1, 0.15) is 0 Å². The van der Waals surface area contributed by atoms with E-state index in [1.807, 2.05) is 0 Å². The first-order valence-electron chi connectivity index (χ1n) is 6.34. The molecule has 0 radical (unpaired) electrons. The van der Waals surface area contributed by atoms with E-state index in [9.17, 15) is 0 Å². The van der Waals surface area contributed by atoms with Gasteiger partial charge in [0.05, 0.1) is 6.17 Å². The fourth-order valence-corrected chi connectivity index (χ4v) is 2.21. The lowest BCUT2D eigenvalue weighted by Crippen LogP contribution is -2.42. The Kier molecular flexibility index (Phi) is 6.20. The van der Waals surface area contributed by atoms with Crippen molar-refractivity contribution in [1.82, 2.24) is 4.90 Å². The number of rotatable bonds is 5. The van der Waals surface area contributed by atoms with Gasteiger partial charge in [-0.15, -0.1) is 0 Å². The van der Waals surface area contributed by atoms with E-state index >= 15 is 0 Å². The smallest absolute Gasteiger partial charge is 0.0571 e. The SMILES string of the molecule is CCCCCC(N)N1CCCCCC1. The standard InChI is InChI=1S/C12H26N2/c1-2-3-6-9-12(13)14-10-7-4-5-8-11-14/h12H,2-11,13H2,1H3. The highest BCUT2D eigenvalue weighted by Crippen LogP contribution is 2.13. The summed E-state index contributed by atoms with van der Waals surface area (Å²) in [7, 11) is 0. The Hall–Kier alpha value is -0.0800. The largest absolute Gasteiger partial charge is 0.316 e. The molecule has 1 fully saturated rings. The van der Waals surface area contributed by atoms with Crippen LogP contribution in [0.2, 0.25) is 0 Å². The van der Waals surface area contributed by atoms with E-state index in [2.05, 4.69) is 11.8 Å². The summed E-state index contributed by atoms with van der Waals surface area (Å²) in [5.74, 6) is 0. The molecular formula is C12H26N2. The number of unbranched alkanes of at least 4 members (excludes halogenated alkanes) is 2. The molecule has 1 aliphatic heterocycles. The molecule has 0 saturated carbocycles. The molecule has 2 nitrogen and oxygen atoms in total. The molecule has 0 aromatic carbocycles. The molecule has 1 unspecified atom stereocenters. The van der Waals surface area contributed by atoms with Crippen molar-refractivity contribution in [2.24, 2.45) is 5.73 Å². The lowest BCUT2D eigenvalue weighted by molar-refractivity contribution is 0.194. The summed E-state index contributed by atoms with van der Waals surface area (Å²) in [6, 6.07) is 0. The topological polar surface area (TPSA) is 29.3 Å². The van der Waals surface area contributed by atoms with Gasteiger partial charge >= 0.3 is 0 Å². The number of nitrogens with zero attached hydrogens (tertiary/aromatic N) is 1. The second kappa shape index (κ2) is 7.24. The minimum Gasteiger partial charge on any atom is -0.316 e. The summed E-state index contributed by atoms with van der Waals surface area (Å²) in [6.45, 7) is 4.71. The minimum absolute atomic E-state index is 0.333. The summed E-state index contributed by atoms with van der Waals surface area (Å²) >= 11 is 0. The van der Waals surface area contributed by atoms with Gasteiger partial charge in [-0.1, -0.05) is 39.0 Å². The maximum atomic E-state index is 6.18. The van der Waals surface area contributed by atoms with Gasteiger partial charge in [0.2, 0.25) is 0 Å². The molecule has 2 heteroatoms. The quantitative estimate of drug-likeness (QED) is 0.688. The van der Waals surface area contributed by atoms with Gasteiger partial charge in [-0.25, -0.2) is 0 Å². The first-order valence-corrected chi connectivity index (χ1v) is 6.34. The average Bonchev–Trinajstić information content (AvgIpc) is 2.46. The predicted octanol–water partition coefficient (Wildman–Crippen LogP) is 2.73. The first-order chi connectivity index (χ1) is 6.84. The van der Waals surface area contributed by atoms with E-state index in [1.54, 1.807) is 0 Å². The van der Waals surface area contributed by atoms with E-state index in [-0.39, 0.29) is 0 Å². The Labute approximate surface area is 88.8 Å². The molecule has 0 aromatic rings. The van der Waals surface area contributed by atoms with Gasteiger partial charge in [0.25, 0.3) is 0 Å². The van der Waals surface area contributed by atoms with Gasteiger partial charge in [0, 0.05) is 0 Å². The number of nitrogens with two attached hydrogens (primary N) is 1. The molecule has 14 heavy (non-hydrogen) atoms. The number of hydrogen-bond donors (Lipinski definition) is 1. The number of likely N-dealkylation sites (tertiary alicyclic amines) is 1. The van der Waals surface area contributed by atoms with Crippen LogP contribution in [-0.4, -0.2) is 24.2 Å². The maximum Gasteiger partial charge on any atom is 0.0571 e. The minimum atomic E-state index is 0.333. The van der Waals surface area contributed by atoms with Gasteiger partial charge in [-0.3, -0.25) is 4.90 Å². The van der Waals surface area contributed by atoms with Gasteiger partial charge < -0.3 is 5.73 Å². The third kappa shape index (κ3) is 4.43. The fraction of sp³-hybridized carbons (Fsp3) is 1.00. The van der Waals surface area contributed by atoms with Crippen molar-refractivity contribution in [2.45, 2.75) is 64.5 Å². The molecule has 1 heterocycles. The molecule has 84 valence electrons. The Balaban J connectivity index is 2.16. The van der Waals surface area contributed by atoms with E-state index in [0.29, 0.717) is 6.17 Å². The number of hydrogen-bond acceptors (Lipinski definition) is 2. The van der Waals surface area contributed by atoms with E-state index in [1.165, 1.54) is 64.5 Å². The second-order valence-electron chi connectivity index (χ2n) is 4.51. The zero-order valence-corrected chi connectivity index (χ0v) is 9.67. The van der Waals surface area contributed by atoms with Crippen molar-refractivity contribution in [1.29, 1.82) is 0 Å². The Morgan fingerprint density at radius 3 is 2.29 bits per heavy atom. The van der Waals surface area contributed by atoms with Crippen molar-refractivity contribution in [3.05, 3.63) is 0 Å². The summed E-state index contributed by atoms with van der Waals surface area (Å²) in [5.41, 5.74) is 6.18. The summed E-state index contributed by atoms with van der Waals surface area (Å²) in [4.78, 5) is 2.49. The molecule has 1 atom stereocenters. The monoisotopic (exact) mass is 198 g/mol. The van der Waals surface area contributed by atoms with Crippen LogP contribution in [0.25, 0.3) is 0 Å². The summed E-state index contributed by atoms with van der Waals surface area (Å²) in [6.07, 6.45) is 11.0. The van der Waals surface area contributed by atoms with E-state index < -0.39 is 0 Å². The fourth-order valence-electron chi connectivity index (χ4n) is 2.21.